The fraction of sp³-hybridized carbons (Fsp3) is 0.250. The summed E-state index contributed by atoms with van der Waals surface area (Å²) in [5.74, 6) is -0.247. The highest BCUT2D eigenvalue weighted by atomic mass is 79.9. The number of hydrogen-bond donors (Lipinski definition) is 1. The third-order valence-corrected chi connectivity index (χ3v) is 4.61. The Balaban J connectivity index is 2.18. The second kappa shape index (κ2) is 6.64. The number of aryl methyl sites for hydroxylation is 1. The van der Waals surface area contributed by atoms with Gasteiger partial charge in [0.1, 0.15) is 5.82 Å². The Hall–Kier alpha value is -1.00. The topological polar surface area (TPSA) is 12.0 Å². The zero-order valence-electron chi connectivity index (χ0n) is 11.7. The van der Waals surface area contributed by atoms with Crippen molar-refractivity contribution in [2.24, 2.45) is 0 Å². The average Bonchev–Trinajstić information content (AvgIpc) is 2.44. The van der Waals surface area contributed by atoms with Crippen molar-refractivity contribution in [1.82, 2.24) is 0 Å². The van der Waals surface area contributed by atoms with Crippen LogP contribution in [0.4, 0.5) is 10.1 Å². The van der Waals surface area contributed by atoms with Crippen LogP contribution < -0.4 is 5.32 Å². The smallest absolute Gasteiger partial charge is 0.139 e. The Morgan fingerprint density at radius 1 is 1.20 bits per heavy atom. The van der Waals surface area contributed by atoms with Gasteiger partial charge in [-0.25, -0.2) is 4.39 Å². The van der Waals surface area contributed by atoms with Gasteiger partial charge in [-0.2, -0.15) is 0 Å². The van der Waals surface area contributed by atoms with Crippen LogP contribution in [0, 0.1) is 12.7 Å². The molecule has 1 nitrogen and oxygen atoms in total. The van der Waals surface area contributed by atoms with Crippen molar-refractivity contribution < 1.29 is 4.39 Å². The maximum atomic E-state index is 13.6. The van der Waals surface area contributed by atoms with Gasteiger partial charge in [0.15, 0.2) is 0 Å². The van der Waals surface area contributed by atoms with E-state index in [1.807, 2.05) is 6.92 Å². The number of rotatable bonds is 4. The largest absolute Gasteiger partial charge is 0.378 e. The summed E-state index contributed by atoms with van der Waals surface area (Å²) in [7, 11) is 0. The van der Waals surface area contributed by atoms with E-state index in [0.717, 1.165) is 11.3 Å². The minimum absolute atomic E-state index is 0.130. The summed E-state index contributed by atoms with van der Waals surface area (Å²) in [6.45, 7) is 4.05. The van der Waals surface area contributed by atoms with Crippen LogP contribution in [0.3, 0.4) is 0 Å². The maximum absolute atomic E-state index is 13.6. The first kappa shape index (κ1) is 15.4. The number of nitrogens with one attached hydrogen (secondary N) is 1. The molecule has 106 valence electrons. The third kappa shape index (κ3) is 3.55. The van der Waals surface area contributed by atoms with Crippen LogP contribution in [0.15, 0.2) is 45.8 Å². The second-order valence-electron chi connectivity index (χ2n) is 4.72. The highest BCUT2D eigenvalue weighted by Crippen LogP contribution is 2.28. The van der Waals surface area contributed by atoms with Crippen molar-refractivity contribution in [3.05, 3.63) is 57.8 Å². The number of hydrogen-bond acceptors (Lipinski definition) is 2. The summed E-state index contributed by atoms with van der Waals surface area (Å²) in [5, 5.41) is 3.36. The van der Waals surface area contributed by atoms with Crippen LogP contribution in [0.1, 0.15) is 24.1 Å². The van der Waals surface area contributed by atoms with Gasteiger partial charge in [0.25, 0.3) is 0 Å². The van der Waals surface area contributed by atoms with Crippen molar-refractivity contribution >= 4 is 33.4 Å². The predicted molar refractivity (Wildman–Crippen MR) is 89.1 cm³/mol. The van der Waals surface area contributed by atoms with Crippen molar-refractivity contribution in [2.45, 2.75) is 24.8 Å². The first-order chi connectivity index (χ1) is 9.51. The molecular formula is C16H17BrFNS. The molecule has 0 aliphatic rings. The number of anilines is 1. The lowest BCUT2D eigenvalue weighted by atomic mass is 10.1. The minimum atomic E-state index is -0.247. The molecule has 2 rings (SSSR count). The van der Waals surface area contributed by atoms with Gasteiger partial charge >= 0.3 is 0 Å². The van der Waals surface area contributed by atoms with E-state index >= 15 is 0 Å². The summed E-state index contributed by atoms with van der Waals surface area (Å²) in [6, 6.07) is 11.9. The molecule has 0 radical (unpaired) electrons. The highest BCUT2D eigenvalue weighted by molar-refractivity contribution is 9.10. The predicted octanol–water partition coefficient (Wildman–Crippen LogP) is 5.79. The molecule has 2 aromatic carbocycles. The van der Waals surface area contributed by atoms with Crippen molar-refractivity contribution in [1.29, 1.82) is 0 Å². The first-order valence-corrected chi connectivity index (χ1v) is 8.39. The average molecular weight is 354 g/mol. The quantitative estimate of drug-likeness (QED) is 0.698. The Morgan fingerprint density at radius 2 is 1.85 bits per heavy atom. The molecule has 20 heavy (non-hydrogen) atoms. The summed E-state index contributed by atoms with van der Waals surface area (Å²) in [6.07, 6.45) is 2.06. The van der Waals surface area contributed by atoms with Gasteiger partial charge in [-0.15, -0.1) is 11.8 Å². The lowest BCUT2D eigenvalue weighted by Crippen LogP contribution is -2.08. The molecule has 1 unspecified atom stereocenters. The van der Waals surface area contributed by atoms with Crippen molar-refractivity contribution in [3.63, 3.8) is 0 Å². The lowest BCUT2D eigenvalue weighted by molar-refractivity contribution is 0.620. The van der Waals surface area contributed by atoms with E-state index in [1.54, 1.807) is 17.8 Å². The monoisotopic (exact) mass is 353 g/mol. The Bertz CT molecular complexity index is 598. The SMILES string of the molecule is CSc1ccc(C(C)Nc2cc(F)c(Br)cc2C)cc1. The van der Waals surface area contributed by atoms with E-state index in [9.17, 15) is 4.39 Å². The van der Waals surface area contributed by atoms with Crippen molar-refractivity contribution in [2.75, 3.05) is 11.6 Å². The molecule has 0 spiro atoms. The van der Waals surface area contributed by atoms with Crippen molar-refractivity contribution in [3.8, 4) is 0 Å². The van der Waals surface area contributed by atoms with Gasteiger partial charge in [0, 0.05) is 16.6 Å². The molecule has 0 saturated heterocycles. The summed E-state index contributed by atoms with van der Waals surface area (Å²) >= 11 is 4.93. The van der Waals surface area contributed by atoms with Gasteiger partial charge < -0.3 is 5.32 Å². The number of benzene rings is 2. The summed E-state index contributed by atoms with van der Waals surface area (Å²) in [5.41, 5.74) is 3.03. The maximum Gasteiger partial charge on any atom is 0.139 e. The molecule has 0 aromatic heterocycles. The molecule has 0 aliphatic carbocycles. The fourth-order valence-corrected chi connectivity index (χ4v) is 2.88. The van der Waals surface area contributed by atoms with E-state index in [2.05, 4.69) is 58.7 Å². The van der Waals surface area contributed by atoms with Gasteiger partial charge in [-0.3, -0.25) is 0 Å². The highest BCUT2D eigenvalue weighted by Gasteiger charge is 2.09. The minimum Gasteiger partial charge on any atom is -0.378 e. The molecule has 1 atom stereocenters. The van der Waals surface area contributed by atoms with E-state index in [0.29, 0.717) is 4.47 Å². The number of thioether (sulfide) groups is 1. The standard InChI is InChI=1S/C16H17BrFNS/c1-10-8-14(17)15(18)9-16(10)19-11(2)12-4-6-13(20-3)7-5-12/h4-9,11,19H,1-3H3. The van der Waals surface area contributed by atoms with Crippen LogP contribution in [0.25, 0.3) is 0 Å². The first-order valence-electron chi connectivity index (χ1n) is 6.37. The van der Waals surface area contributed by atoms with E-state index in [-0.39, 0.29) is 11.9 Å². The Morgan fingerprint density at radius 3 is 2.45 bits per heavy atom. The molecule has 0 saturated carbocycles. The molecule has 0 bridgehead atoms. The fourth-order valence-electron chi connectivity index (χ4n) is 2.01. The van der Waals surface area contributed by atoms with E-state index in [1.165, 1.54) is 16.5 Å². The molecule has 0 aliphatic heterocycles. The summed E-state index contributed by atoms with van der Waals surface area (Å²) in [4.78, 5) is 1.24. The summed E-state index contributed by atoms with van der Waals surface area (Å²) < 4.78 is 14.1. The van der Waals surface area contributed by atoms with E-state index < -0.39 is 0 Å². The number of halogens is 2. The van der Waals surface area contributed by atoms with Gasteiger partial charge in [-0.05, 0) is 71.4 Å². The van der Waals surface area contributed by atoms with Crippen LogP contribution in [-0.4, -0.2) is 6.26 Å². The normalized spacial score (nSPS) is 12.2. The molecule has 4 heteroatoms. The van der Waals surface area contributed by atoms with Crippen LogP contribution >= 0.6 is 27.7 Å². The molecule has 0 amide bonds. The van der Waals surface area contributed by atoms with Gasteiger partial charge in [0.2, 0.25) is 0 Å². The lowest BCUT2D eigenvalue weighted by Gasteiger charge is -2.18. The second-order valence-corrected chi connectivity index (χ2v) is 6.45. The molecule has 1 N–H and O–H groups in total. The van der Waals surface area contributed by atoms with Crippen LogP contribution in [-0.2, 0) is 0 Å². The molecular weight excluding hydrogens is 337 g/mol. The van der Waals surface area contributed by atoms with Gasteiger partial charge in [-0.1, -0.05) is 12.1 Å². The molecule has 0 heterocycles. The molecule has 0 fully saturated rings. The van der Waals surface area contributed by atoms with Gasteiger partial charge in [0.05, 0.1) is 4.47 Å². The Kier molecular flexibility index (Phi) is 5.11. The Labute approximate surface area is 132 Å². The zero-order valence-corrected chi connectivity index (χ0v) is 14.1. The van der Waals surface area contributed by atoms with Crippen LogP contribution in [0.2, 0.25) is 0 Å². The van der Waals surface area contributed by atoms with E-state index in [4.69, 9.17) is 0 Å². The van der Waals surface area contributed by atoms with Crippen LogP contribution in [0.5, 0.6) is 0 Å². The zero-order chi connectivity index (χ0) is 14.7. The third-order valence-electron chi connectivity index (χ3n) is 3.26. The molecule has 2 aromatic rings.